The Morgan fingerprint density at radius 1 is 1.12 bits per heavy atom. The number of benzene rings is 1. The van der Waals surface area contributed by atoms with Gasteiger partial charge in [0, 0.05) is 25.2 Å². The third kappa shape index (κ3) is 2.53. The zero-order valence-electron chi connectivity index (χ0n) is 10.4. The molecular formula is C15H22N2. The topological polar surface area (TPSA) is 29.3 Å². The predicted molar refractivity (Wildman–Crippen MR) is 70.6 cm³/mol. The summed E-state index contributed by atoms with van der Waals surface area (Å²) in [4.78, 5) is 2.54. The van der Waals surface area contributed by atoms with Crippen molar-refractivity contribution >= 4 is 0 Å². The molecule has 92 valence electrons. The fourth-order valence-electron chi connectivity index (χ4n) is 3.04. The zero-order valence-corrected chi connectivity index (χ0v) is 10.4. The van der Waals surface area contributed by atoms with Gasteiger partial charge in [-0.15, -0.1) is 0 Å². The Morgan fingerprint density at radius 2 is 1.76 bits per heavy atom. The highest BCUT2D eigenvalue weighted by Gasteiger charge is 2.43. The van der Waals surface area contributed by atoms with Crippen LogP contribution in [0.15, 0.2) is 30.3 Å². The van der Waals surface area contributed by atoms with Crippen molar-refractivity contribution < 1.29 is 0 Å². The van der Waals surface area contributed by atoms with Gasteiger partial charge in [-0.05, 0) is 37.2 Å². The van der Waals surface area contributed by atoms with E-state index in [0.717, 1.165) is 12.5 Å². The van der Waals surface area contributed by atoms with Gasteiger partial charge in [-0.1, -0.05) is 30.3 Å². The fraction of sp³-hybridized carbons (Fsp3) is 0.600. The van der Waals surface area contributed by atoms with Gasteiger partial charge < -0.3 is 5.73 Å². The maximum atomic E-state index is 6.49. The Kier molecular flexibility index (Phi) is 2.93. The molecule has 2 fully saturated rings. The molecule has 1 saturated carbocycles. The SMILES string of the molecule is NC1(C2CC2)CCN(Cc2ccccc2)CC1. The molecule has 0 aromatic heterocycles. The minimum Gasteiger partial charge on any atom is -0.325 e. The summed E-state index contributed by atoms with van der Waals surface area (Å²) in [5.74, 6) is 0.835. The summed E-state index contributed by atoms with van der Waals surface area (Å²) in [6, 6.07) is 10.8. The van der Waals surface area contributed by atoms with Crippen molar-refractivity contribution in [2.24, 2.45) is 11.7 Å². The van der Waals surface area contributed by atoms with Gasteiger partial charge in [-0.25, -0.2) is 0 Å². The summed E-state index contributed by atoms with van der Waals surface area (Å²) >= 11 is 0. The van der Waals surface area contributed by atoms with Crippen LogP contribution in [0.2, 0.25) is 0 Å². The fourth-order valence-corrected chi connectivity index (χ4v) is 3.04. The molecular weight excluding hydrogens is 208 g/mol. The van der Waals surface area contributed by atoms with Crippen LogP contribution in [0.3, 0.4) is 0 Å². The van der Waals surface area contributed by atoms with Crippen molar-refractivity contribution in [3.05, 3.63) is 35.9 Å². The molecule has 0 unspecified atom stereocenters. The number of rotatable bonds is 3. The molecule has 2 N–H and O–H groups in total. The molecule has 0 bridgehead atoms. The van der Waals surface area contributed by atoms with Gasteiger partial charge in [-0.3, -0.25) is 4.90 Å². The third-order valence-electron chi connectivity index (χ3n) is 4.43. The first-order valence-electron chi connectivity index (χ1n) is 6.81. The summed E-state index contributed by atoms with van der Waals surface area (Å²) in [6.07, 6.45) is 5.11. The lowest BCUT2D eigenvalue weighted by atomic mass is 9.84. The highest BCUT2D eigenvalue weighted by atomic mass is 15.1. The van der Waals surface area contributed by atoms with E-state index < -0.39 is 0 Å². The lowest BCUT2D eigenvalue weighted by Gasteiger charge is -2.39. The molecule has 1 aromatic rings. The van der Waals surface area contributed by atoms with Crippen molar-refractivity contribution in [3.8, 4) is 0 Å². The van der Waals surface area contributed by atoms with Crippen LogP contribution in [-0.4, -0.2) is 23.5 Å². The normalized spacial score (nSPS) is 24.8. The first-order chi connectivity index (χ1) is 8.26. The van der Waals surface area contributed by atoms with Crippen LogP contribution in [0.1, 0.15) is 31.2 Å². The van der Waals surface area contributed by atoms with E-state index in [2.05, 4.69) is 35.2 Å². The number of piperidine rings is 1. The van der Waals surface area contributed by atoms with Crippen molar-refractivity contribution in [1.29, 1.82) is 0 Å². The molecule has 1 aliphatic carbocycles. The van der Waals surface area contributed by atoms with Crippen molar-refractivity contribution in [1.82, 2.24) is 4.90 Å². The summed E-state index contributed by atoms with van der Waals surface area (Å²) < 4.78 is 0. The second kappa shape index (κ2) is 4.43. The van der Waals surface area contributed by atoms with Crippen molar-refractivity contribution in [2.75, 3.05) is 13.1 Å². The predicted octanol–water partition coefficient (Wildman–Crippen LogP) is 2.39. The number of nitrogens with zero attached hydrogens (tertiary/aromatic N) is 1. The summed E-state index contributed by atoms with van der Waals surface area (Å²) in [5.41, 5.74) is 8.09. The molecule has 1 heterocycles. The molecule has 0 atom stereocenters. The Morgan fingerprint density at radius 3 is 2.35 bits per heavy atom. The second-order valence-electron chi connectivity index (χ2n) is 5.77. The first-order valence-corrected chi connectivity index (χ1v) is 6.81. The number of hydrogen-bond acceptors (Lipinski definition) is 2. The average Bonchev–Trinajstić information content (AvgIpc) is 3.18. The first kappa shape index (κ1) is 11.2. The molecule has 0 spiro atoms. The molecule has 1 aromatic carbocycles. The molecule has 0 radical (unpaired) electrons. The van der Waals surface area contributed by atoms with Gasteiger partial charge in [0.25, 0.3) is 0 Å². The molecule has 2 aliphatic rings. The molecule has 2 nitrogen and oxygen atoms in total. The molecule has 1 saturated heterocycles. The standard InChI is InChI=1S/C15H22N2/c16-15(14-6-7-14)8-10-17(11-9-15)12-13-4-2-1-3-5-13/h1-5,14H,6-12,16H2. The maximum absolute atomic E-state index is 6.49. The average molecular weight is 230 g/mol. The molecule has 0 amide bonds. The Balaban J connectivity index is 1.55. The van der Waals surface area contributed by atoms with Gasteiger partial charge in [-0.2, -0.15) is 0 Å². The number of hydrogen-bond donors (Lipinski definition) is 1. The molecule has 1 aliphatic heterocycles. The largest absolute Gasteiger partial charge is 0.325 e. The summed E-state index contributed by atoms with van der Waals surface area (Å²) in [5, 5.41) is 0. The van der Waals surface area contributed by atoms with Crippen LogP contribution in [0.5, 0.6) is 0 Å². The highest BCUT2D eigenvalue weighted by Crippen LogP contribution is 2.43. The lowest BCUT2D eigenvalue weighted by Crippen LogP contribution is -2.51. The van der Waals surface area contributed by atoms with E-state index in [1.165, 1.54) is 44.3 Å². The van der Waals surface area contributed by atoms with E-state index in [-0.39, 0.29) is 5.54 Å². The molecule has 17 heavy (non-hydrogen) atoms. The molecule has 2 heteroatoms. The quantitative estimate of drug-likeness (QED) is 0.864. The summed E-state index contributed by atoms with van der Waals surface area (Å²) in [7, 11) is 0. The van der Waals surface area contributed by atoms with Crippen LogP contribution >= 0.6 is 0 Å². The Bertz CT molecular complexity index is 362. The monoisotopic (exact) mass is 230 g/mol. The van der Waals surface area contributed by atoms with Gasteiger partial charge in [0.2, 0.25) is 0 Å². The van der Waals surface area contributed by atoms with Gasteiger partial charge in [0.15, 0.2) is 0 Å². The van der Waals surface area contributed by atoms with Crippen molar-refractivity contribution in [2.45, 2.75) is 37.8 Å². The summed E-state index contributed by atoms with van der Waals surface area (Å²) in [6.45, 7) is 3.42. The van der Waals surface area contributed by atoms with Crippen LogP contribution < -0.4 is 5.73 Å². The van der Waals surface area contributed by atoms with Crippen LogP contribution in [-0.2, 0) is 6.54 Å². The number of likely N-dealkylation sites (tertiary alicyclic amines) is 1. The molecule has 3 rings (SSSR count). The van der Waals surface area contributed by atoms with E-state index in [9.17, 15) is 0 Å². The van der Waals surface area contributed by atoms with E-state index in [0.29, 0.717) is 0 Å². The van der Waals surface area contributed by atoms with Crippen molar-refractivity contribution in [3.63, 3.8) is 0 Å². The smallest absolute Gasteiger partial charge is 0.0233 e. The zero-order chi connectivity index (χ0) is 11.7. The van der Waals surface area contributed by atoms with E-state index >= 15 is 0 Å². The Hall–Kier alpha value is -0.860. The van der Waals surface area contributed by atoms with E-state index in [1.54, 1.807) is 0 Å². The van der Waals surface area contributed by atoms with E-state index in [1.807, 2.05) is 0 Å². The van der Waals surface area contributed by atoms with Gasteiger partial charge in [0.1, 0.15) is 0 Å². The third-order valence-corrected chi connectivity index (χ3v) is 4.43. The second-order valence-corrected chi connectivity index (χ2v) is 5.77. The van der Waals surface area contributed by atoms with Gasteiger partial charge in [0.05, 0.1) is 0 Å². The Labute approximate surface area is 104 Å². The minimum atomic E-state index is 0.174. The lowest BCUT2D eigenvalue weighted by molar-refractivity contribution is 0.141. The van der Waals surface area contributed by atoms with Crippen LogP contribution in [0.4, 0.5) is 0 Å². The van der Waals surface area contributed by atoms with E-state index in [4.69, 9.17) is 5.73 Å². The van der Waals surface area contributed by atoms with Crippen LogP contribution in [0, 0.1) is 5.92 Å². The highest BCUT2D eigenvalue weighted by molar-refractivity contribution is 5.14. The number of nitrogens with two attached hydrogens (primary N) is 1. The van der Waals surface area contributed by atoms with Crippen LogP contribution in [0.25, 0.3) is 0 Å². The van der Waals surface area contributed by atoms with Gasteiger partial charge >= 0.3 is 0 Å². The minimum absolute atomic E-state index is 0.174. The maximum Gasteiger partial charge on any atom is 0.0233 e.